The molecule has 1 aromatic carbocycles. The minimum atomic E-state index is -0.479. The van der Waals surface area contributed by atoms with E-state index in [-0.39, 0.29) is 5.91 Å². The number of carbonyl (C=O) groups is 1. The first kappa shape index (κ1) is 17.3. The normalized spacial score (nSPS) is 18.9. The lowest BCUT2D eigenvalue weighted by Crippen LogP contribution is -2.47. The van der Waals surface area contributed by atoms with Gasteiger partial charge in [-0.3, -0.25) is 9.78 Å². The van der Waals surface area contributed by atoms with Gasteiger partial charge < -0.3 is 19.7 Å². The van der Waals surface area contributed by atoms with Gasteiger partial charge in [-0.1, -0.05) is 11.6 Å². The molecule has 2 saturated heterocycles. The van der Waals surface area contributed by atoms with Crippen LogP contribution in [-0.4, -0.2) is 47.9 Å². The molecular weight excluding hydrogens is 354 g/mol. The van der Waals surface area contributed by atoms with Crippen LogP contribution in [0.15, 0.2) is 42.7 Å². The molecule has 1 spiro atoms. The Morgan fingerprint density at radius 3 is 2.46 bits per heavy atom. The first-order valence-electron chi connectivity index (χ1n) is 8.68. The minimum absolute atomic E-state index is 0.0231. The van der Waals surface area contributed by atoms with E-state index in [0.29, 0.717) is 49.7 Å². The number of hydrogen-bond donors (Lipinski definition) is 1. The number of hydrogen-bond acceptors (Lipinski definition) is 5. The van der Waals surface area contributed by atoms with Crippen LogP contribution in [-0.2, 0) is 9.47 Å². The molecule has 136 valence electrons. The van der Waals surface area contributed by atoms with Crippen molar-refractivity contribution in [3.8, 4) is 0 Å². The van der Waals surface area contributed by atoms with Gasteiger partial charge >= 0.3 is 0 Å². The van der Waals surface area contributed by atoms with Crippen LogP contribution in [0.4, 0.5) is 11.4 Å². The zero-order valence-corrected chi connectivity index (χ0v) is 15.0. The summed E-state index contributed by atoms with van der Waals surface area (Å²) < 4.78 is 11.4. The Labute approximate surface area is 157 Å². The second-order valence-electron chi connectivity index (χ2n) is 6.49. The maximum absolute atomic E-state index is 12.8. The number of likely N-dealkylation sites (tertiary alicyclic amines) is 1. The highest BCUT2D eigenvalue weighted by atomic mass is 35.5. The topological polar surface area (TPSA) is 63.7 Å². The highest BCUT2D eigenvalue weighted by Crippen LogP contribution is 2.31. The molecule has 1 N–H and O–H groups in total. The average Bonchev–Trinajstić information content (AvgIpc) is 3.12. The Morgan fingerprint density at radius 1 is 1.08 bits per heavy atom. The van der Waals surface area contributed by atoms with Crippen molar-refractivity contribution in [2.75, 3.05) is 31.6 Å². The van der Waals surface area contributed by atoms with Crippen molar-refractivity contribution in [1.82, 2.24) is 9.88 Å². The van der Waals surface area contributed by atoms with E-state index in [0.717, 1.165) is 11.4 Å². The molecule has 2 aliphatic heterocycles. The Balaban J connectivity index is 1.42. The molecule has 6 nitrogen and oxygen atoms in total. The van der Waals surface area contributed by atoms with Gasteiger partial charge in [-0.05, 0) is 30.3 Å². The van der Waals surface area contributed by atoms with Crippen LogP contribution >= 0.6 is 11.6 Å². The number of nitrogens with one attached hydrogen (secondary N) is 1. The molecule has 3 heterocycles. The summed E-state index contributed by atoms with van der Waals surface area (Å²) >= 11 is 5.90. The van der Waals surface area contributed by atoms with Crippen LogP contribution in [0.1, 0.15) is 23.2 Å². The molecule has 0 bridgehead atoms. The number of pyridine rings is 1. The number of aromatic nitrogens is 1. The highest BCUT2D eigenvalue weighted by molar-refractivity contribution is 6.30. The van der Waals surface area contributed by atoms with Crippen molar-refractivity contribution in [2.45, 2.75) is 18.6 Å². The van der Waals surface area contributed by atoms with Crippen LogP contribution < -0.4 is 5.32 Å². The van der Waals surface area contributed by atoms with Gasteiger partial charge in [0.1, 0.15) is 0 Å². The second kappa shape index (κ2) is 7.23. The maximum Gasteiger partial charge on any atom is 0.255 e. The van der Waals surface area contributed by atoms with Crippen LogP contribution in [0.2, 0.25) is 5.02 Å². The molecule has 0 unspecified atom stereocenters. The molecule has 7 heteroatoms. The number of halogens is 1. The highest BCUT2D eigenvalue weighted by Gasteiger charge is 2.40. The number of ether oxygens (including phenoxy) is 2. The van der Waals surface area contributed by atoms with E-state index in [1.165, 1.54) is 0 Å². The summed E-state index contributed by atoms with van der Waals surface area (Å²) in [6.07, 6.45) is 4.70. The summed E-state index contributed by atoms with van der Waals surface area (Å²) in [7, 11) is 0. The van der Waals surface area contributed by atoms with Crippen molar-refractivity contribution in [1.29, 1.82) is 0 Å². The third kappa shape index (κ3) is 3.67. The van der Waals surface area contributed by atoms with E-state index in [4.69, 9.17) is 21.1 Å². The van der Waals surface area contributed by atoms with Crippen molar-refractivity contribution in [2.24, 2.45) is 0 Å². The number of piperidine rings is 1. The number of amides is 1. The number of rotatable bonds is 3. The van der Waals surface area contributed by atoms with Crippen molar-refractivity contribution in [3.05, 3.63) is 53.3 Å². The fourth-order valence-electron chi connectivity index (χ4n) is 3.34. The molecule has 0 saturated carbocycles. The third-order valence-corrected chi connectivity index (χ3v) is 5.00. The summed E-state index contributed by atoms with van der Waals surface area (Å²) in [6.45, 7) is 2.51. The quantitative estimate of drug-likeness (QED) is 0.892. The SMILES string of the molecule is O=C(c1cncc(Nc2ccc(Cl)cc2)c1)N1CCC2(CC1)OCCO2. The number of nitrogens with zero attached hydrogens (tertiary/aromatic N) is 2. The second-order valence-corrected chi connectivity index (χ2v) is 6.93. The van der Waals surface area contributed by atoms with Crippen LogP contribution in [0.25, 0.3) is 0 Å². The first-order valence-corrected chi connectivity index (χ1v) is 9.06. The number of benzene rings is 1. The average molecular weight is 374 g/mol. The van der Waals surface area contributed by atoms with Gasteiger partial charge in [-0.15, -0.1) is 0 Å². The van der Waals surface area contributed by atoms with E-state index in [1.807, 2.05) is 35.2 Å². The molecule has 2 aliphatic rings. The number of carbonyl (C=O) groups excluding carboxylic acids is 1. The molecule has 0 aliphatic carbocycles. The predicted octanol–water partition coefficient (Wildman–Crippen LogP) is 3.46. The van der Waals surface area contributed by atoms with E-state index in [2.05, 4.69) is 10.3 Å². The zero-order chi connectivity index (χ0) is 18.0. The van der Waals surface area contributed by atoms with Gasteiger partial charge in [0.15, 0.2) is 5.79 Å². The smallest absolute Gasteiger partial charge is 0.255 e. The van der Waals surface area contributed by atoms with E-state index < -0.39 is 5.79 Å². The fourth-order valence-corrected chi connectivity index (χ4v) is 3.47. The molecule has 0 atom stereocenters. The Morgan fingerprint density at radius 2 is 1.77 bits per heavy atom. The van der Waals surface area contributed by atoms with Gasteiger partial charge in [0, 0.05) is 42.8 Å². The number of anilines is 2. The molecule has 26 heavy (non-hydrogen) atoms. The lowest BCUT2D eigenvalue weighted by atomic mass is 10.0. The monoisotopic (exact) mass is 373 g/mol. The molecule has 0 radical (unpaired) electrons. The first-order chi connectivity index (χ1) is 12.6. The van der Waals surface area contributed by atoms with E-state index in [9.17, 15) is 4.79 Å². The van der Waals surface area contributed by atoms with Gasteiger partial charge in [0.2, 0.25) is 0 Å². The molecule has 1 aromatic heterocycles. The summed E-state index contributed by atoms with van der Waals surface area (Å²) in [5.74, 6) is -0.502. The standard InChI is InChI=1S/C19H20ClN3O3/c20-15-1-3-16(4-2-15)22-17-11-14(12-21-13-17)18(24)23-7-5-19(6-8-23)25-9-10-26-19/h1-4,11-13,22H,5-10H2. The summed E-state index contributed by atoms with van der Waals surface area (Å²) in [6, 6.07) is 9.19. The lowest BCUT2D eigenvalue weighted by Gasteiger charge is -2.37. The molecular formula is C19H20ClN3O3. The maximum atomic E-state index is 12.8. The van der Waals surface area contributed by atoms with E-state index in [1.54, 1.807) is 12.4 Å². The van der Waals surface area contributed by atoms with Gasteiger partial charge in [0.05, 0.1) is 30.7 Å². The van der Waals surface area contributed by atoms with Gasteiger partial charge in [0.25, 0.3) is 5.91 Å². The van der Waals surface area contributed by atoms with Crippen LogP contribution in [0.3, 0.4) is 0 Å². The predicted molar refractivity (Wildman–Crippen MR) is 98.7 cm³/mol. The molecule has 1 amide bonds. The third-order valence-electron chi connectivity index (χ3n) is 4.74. The largest absolute Gasteiger partial charge is 0.354 e. The van der Waals surface area contributed by atoms with Crippen LogP contribution in [0, 0.1) is 0 Å². The molecule has 2 fully saturated rings. The summed E-state index contributed by atoms with van der Waals surface area (Å²) in [5.41, 5.74) is 2.21. The Bertz CT molecular complexity index is 781. The lowest BCUT2D eigenvalue weighted by molar-refractivity contribution is -0.181. The minimum Gasteiger partial charge on any atom is -0.354 e. The fraction of sp³-hybridized carbons (Fsp3) is 0.368. The van der Waals surface area contributed by atoms with Crippen molar-refractivity contribution >= 4 is 28.9 Å². The van der Waals surface area contributed by atoms with Crippen LogP contribution in [0.5, 0.6) is 0 Å². The van der Waals surface area contributed by atoms with Gasteiger partial charge in [-0.25, -0.2) is 0 Å². The molecule has 2 aromatic rings. The molecule has 4 rings (SSSR count). The van der Waals surface area contributed by atoms with Crippen molar-refractivity contribution in [3.63, 3.8) is 0 Å². The summed E-state index contributed by atoms with van der Waals surface area (Å²) in [5, 5.41) is 3.91. The summed E-state index contributed by atoms with van der Waals surface area (Å²) in [4.78, 5) is 18.8. The van der Waals surface area contributed by atoms with Crippen molar-refractivity contribution < 1.29 is 14.3 Å². The zero-order valence-electron chi connectivity index (χ0n) is 14.3. The Kier molecular flexibility index (Phi) is 4.80. The Hall–Kier alpha value is -2.15. The van der Waals surface area contributed by atoms with Gasteiger partial charge in [-0.2, -0.15) is 0 Å². The van der Waals surface area contributed by atoms with E-state index >= 15 is 0 Å².